The number of hydrogen-bond donors (Lipinski definition) is 2. The fraction of sp³-hybridized carbons (Fsp3) is 0.0625. The summed E-state index contributed by atoms with van der Waals surface area (Å²) in [6.45, 7) is 0. The largest absolute Gasteiger partial charge is 0.504 e. The van der Waals surface area contributed by atoms with Gasteiger partial charge in [0.05, 0.1) is 12.7 Å². The van der Waals surface area contributed by atoms with E-state index in [1.54, 1.807) is 42.5 Å². The summed E-state index contributed by atoms with van der Waals surface area (Å²) in [6.07, 6.45) is 3.72. The maximum atomic E-state index is 10.7. The van der Waals surface area contributed by atoms with Crippen molar-refractivity contribution in [1.82, 2.24) is 0 Å². The van der Waals surface area contributed by atoms with Crippen molar-refractivity contribution >= 4 is 18.1 Å². The van der Waals surface area contributed by atoms with Crippen LogP contribution in [0.4, 0.5) is 0 Å². The number of aromatic carboxylic acids is 1. The van der Waals surface area contributed by atoms with Gasteiger partial charge in [-0.3, -0.25) is 0 Å². The van der Waals surface area contributed by atoms with E-state index in [9.17, 15) is 9.90 Å². The van der Waals surface area contributed by atoms with Gasteiger partial charge in [-0.15, -0.1) is 0 Å². The molecule has 0 unspecified atom stereocenters. The average Bonchev–Trinajstić information content (AvgIpc) is 2.46. The molecule has 4 nitrogen and oxygen atoms in total. The number of carbonyl (C=O) groups is 1. The molecule has 0 aliphatic carbocycles. The van der Waals surface area contributed by atoms with Crippen LogP contribution in [0.2, 0.25) is 0 Å². The summed E-state index contributed by atoms with van der Waals surface area (Å²) >= 11 is 0. The second-order valence-corrected chi connectivity index (χ2v) is 4.19. The van der Waals surface area contributed by atoms with E-state index in [0.717, 1.165) is 11.1 Å². The smallest absolute Gasteiger partial charge is 0.335 e. The Morgan fingerprint density at radius 3 is 2.25 bits per heavy atom. The molecule has 0 amide bonds. The second-order valence-electron chi connectivity index (χ2n) is 4.19. The minimum atomic E-state index is -0.941. The van der Waals surface area contributed by atoms with Gasteiger partial charge in [0.2, 0.25) is 0 Å². The Labute approximate surface area is 116 Å². The first-order valence-electron chi connectivity index (χ1n) is 5.98. The van der Waals surface area contributed by atoms with Crippen LogP contribution < -0.4 is 4.74 Å². The second kappa shape index (κ2) is 5.93. The molecule has 4 heteroatoms. The Kier molecular flexibility index (Phi) is 4.05. The molecule has 0 spiro atoms. The first-order chi connectivity index (χ1) is 9.60. The summed E-state index contributed by atoms with van der Waals surface area (Å²) in [5, 5.41) is 18.3. The molecule has 102 valence electrons. The van der Waals surface area contributed by atoms with Crippen molar-refractivity contribution in [3.8, 4) is 11.5 Å². The number of aromatic hydroxyl groups is 1. The summed E-state index contributed by atoms with van der Waals surface area (Å²) in [7, 11) is 1.49. The number of rotatable bonds is 4. The molecule has 2 aromatic rings. The summed E-state index contributed by atoms with van der Waals surface area (Å²) in [6, 6.07) is 11.6. The summed E-state index contributed by atoms with van der Waals surface area (Å²) in [4.78, 5) is 10.7. The van der Waals surface area contributed by atoms with Crippen LogP contribution in [0.15, 0.2) is 42.5 Å². The molecule has 0 atom stereocenters. The lowest BCUT2D eigenvalue weighted by atomic mass is 10.1. The Morgan fingerprint density at radius 2 is 1.65 bits per heavy atom. The number of phenols is 1. The highest BCUT2D eigenvalue weighted by atomic mass is 16.5. The van der Waals surface area contributed by atoms with Gasteiger partial charge in [0.25, 0.3) is 0 Å². The van der Waals surface area contributed by atoms with Gasteiger partial charge in [0.15, 0.2) is 11.5 Å². The van der Waals surface area contributed by atoms with E-state index in [-0.39, 0.29) is 11.3 Å². The highest BCUT2D eigenvalue weighted by Crippen LogP contribution is 2.27. The first-order valence-corrected chi connectivity index (χ1v) is 5.98. The molecular weight excluding hydrogens is 256 g/mol. The zero-order valence-corrected chi connectivity index (χ0v) is 10.9. The zero-order valence-electron chi connectivity index (χ0n) is 10.9. The molecule has 2 N–H and O–H groups in total. The van der Waals surface area contributed by atoms with Crippen LogP contribution in [0.3, 0.4) is 0 Å². The minimum absolute atomic E-state index is 0.0930. The highest BCUT2D eigenvalue weighted by Gasteiger charge is 2.01. The molecule has 0 saturated heterocycles. The molecule has 0 heterocycles. The Balaban J connectivity index is 2.18. The first kappa shape index (κ1) is 13.7. The highest BCUT2D eigenvalue weighted by molar-refractivity contribution is 5.88. The molecule has 2 rings (SSSR count). The van der Waals surface area contributed by atoms with E-state index < -0.39 is 5.97 Å². The third-order valence-electron chi connectivity index (χ3n) is 2.83. The third-order valence-corrected chi connectivity index (χ3v) is 2.83. The lowest BCUT2D eigenvalue weighted by molar-refractivity contribution is 0.0697. The molecule has 2 aromatic carbocycles. The molecule has 0 fully saturated rings. The van der Waals surface area contributed by atoms with Crippen LogP contribution in [-0.4, -0.2) is 23.3 Å². The van der Waals surface area contributed by atoms with E-state index in [1.807, 2.05) is 12.2 Å². The third kappa shape index (κ3) is 3.17. The van der Waals surface area contributed by atoms with Crippen molar-refractivity contribution in [3.63, 3.8) is 0 Å². The van der Waals surface area contributed by atoms with Crippen molar-refractivity contribution < 1.29 is 19.7 Å². The quantitative estimate of drug-likeness (QED) is 0.837. The number of carboxylic acids is 1. The summed E-state index contributed by atoms with van der Waals surface area (Å²) in [5.74, 6) is -0.437. The van der Waals surface area contributed by atoms with Gasteiger partial charge in [-0.1, -0.05) is 30.4 Å². The fourth-order valence-electron chi connectivity index (χ4n) is 1.73. The predicted molar refractivity (Wildman–Crippen MR) is 77.0 cm³/mol. The van der Waals surface area contributed by atoms with Gasteiger partial charge in [0, 0.05) is 0 Å². The zero-order chi connectivity index (χ0) is 14.5. The van der Waals surface area contributed by atoms with Gasteiger partial charge >= 0.3 is 5.97 Å². The minimum Gasteiger partial charge on any atom is -0.504 e. The van der Waals surface area contributed by atoms with E-state index in [4.69, 9.17) is 9.84 Å². The average molecular weight is 270 g/mol. The van der Waals surface area contributed by atoms with Gasteiger partial charge < -0.3 is 14.9 Å². The Bertz CT molecular complexity index is 642. The van der Waals surface area contributed by atoms with Crippen LogP contribution in [0.1, 0.15) is 21.5 Å². The Morgan fingerprint density at radius 1 is 1.05 bits per heavy atom. The summed E-state index contributed by atoms with van der Waals surface area (Å²) in [5.41, 5.74) is 2.03. The predicted octanol–water partition coefficient (Wildman–Crippen LogP) is 3.27. The maximum absolute atomic E-state index is 10.7. The number of hydrogen-bond acceptors (Lipinski definition) is 3. The number of carboxylic acid groups (broad SMARTS) is 1. The van der Waals surface area contributed by atoms with Crippen LogP contribution in [-0.2, 0) is 0 Å². The van der Waals surface area contributed by atoms with Crippen molar-refractivity contribution in [2.75, 3.05) is 7.11 Å². The topological polar surface area (TPSA) is 66.8 Å². The van der Waals surface area contributed by atoms with Crippen LogP contribution in [0.25, 0.3) is 12.2 Å². The van der Waals surface area contributed by atoms with Crippen LogP contribution in [0.5, 0.6) is 11.5 Å². The van der Waals surface area contributed by atoms with Crippen molar-refractivity contribution in [2.24, 2.45) is 0 Å². The lowest BCUT2D eigenvalue weighted by Crippen LogP contribution is -1.94. The van der Waals surface area contributed by atoms with Gasteiger partial charge in [-0.05, 0) is 35.4 Å². The number of benzene rings is 2. The van der Waals surface area contributed by atoms with Gasteiger partial charge in [-0.2, -0.15) is 0 Å². The number of methoxy groups -OCH3 is 1. The molecule has 0 saturated carbocycles. The van der Waals surface area contributed by atoms with Crippen molar-refractivity contribution in [1.29, 1.82) is 0 Å². The van der Waals surface area contributed by atoms with Crippen LogP contribution >= 0.6 is 0 Å². The SMILES string of the molecule is COc1cc(C=Cc2ccc(C(=O)O)cc2)ccc1O. The molecular formula is C16H14O4. The summed E-state index contributed by atoms with van der Waals surface area (Å²) < 4.78 is 5.03. The normalized spacial score (nSPS) is 10.7. The number of ether oxygens (including phenoxy) is 1. The van der Waals surface area contributed by atoms with E-state index in [2.05, 4.69) is 0 Å². The van der Waals surface area contributed by atoms with E-state index >= 15 is 0 Å². The lowest BCUT2D eigenvalue weighted by Gasteiger charge is -2.03. The van der Waals surface area contributed by atoms with E-state index in [1.165, 1.54) is 7.11 Å². The molecule has 0 aliphatic rings. The standard InChI is InChI=1S/C16H14O4/c1-20-15-10-12(6-9-14(15)17)3-2-11-4-7-13(8-5-11)16(18)19/h2-10,17H,1H3,(H,18,19). The molecule has 20 heavy (non-hydrogen) atoms. The van der Waals surface area contributed by atoms with Crippen molar-refractivity contribution in [2.45, 2.75) is 0 Å². The molecule has 0 aliphatic heterocycles. The van der Waals surface area contributed by atoms with Gasteiger partial charge in [0.1, 0.15) is 0 Å². The Hall–Kier alpha value is -2.75. The fourth-order valence-corrected chi connectivity index (χ4v) is 1.73. The van der Waals surface area contributed by atoms with Crippen LogP contribution in [0, 0.1) is 0 Å². The molecule has 0 aromatic heterocycles. The van der Waals surface area contributed by atoms with Crippen molar-refractivity contribution in [3.05, 3.63) is 59.2 Å². The van der Waals surface area contributed by atoms with E-state index in [0.29, 0.717) is 5.75 Å². The monoisotopic (exact) mass is 270 g/mol. The van der Waals surface area contributed by atoms with Gasteiger partial charge in [-0.25, -0.2) is 4.79 Å². The maximum Gasteiger partial charge on any atom is 0.335 e. The molecule has 0 bridgehead atoms. The molecule has 0 radical (unpaired) electrons. The number of phenolic OH excluding ortho intramolecular Hbond substituents is 1.